The molecule has 0 radical (unpaired) electrons. The van der Waals surface area contributed by atoms with E-state index in [9.17, 15) is 27.6 Å². The summed E-state index contributed by atoms with van der Waals surface area (Å²) in [6.45, 7) is 0. The molecule has 2 aromatic carbocycles. The van der Waals surface area contributed by atoms with E-state index in [-0.39, 0.29) is 28.5 Å². The smallest absolute Gasteiger partial charge is 0.406 e. The monoisotopic (exact) mass is 396 g/mol. The van der Waals surface area contributed by atoms with Crippen molar-refractivity contribution in [3.63, 3.8) is 0 Å². The number of rotatable bonds is 5. The number of amides is 3. The zero-order chi connectivity index (χ0) is 19.6. The summed E-state index contributed by atoms with van der Waals surface area (Å²) >= 11 is 1.12. The Morgan fingerprint density at radius 1 is 1.04 bits per heavy atom. The second kappa shape index (κ2) is 7.31. The number of carbonyl (C=O) groups excluding carboxylic acids is 3. The third-order valence-electron chi connectivity index (χ3n) is 3.45. The van der Waals surface area contributed by atoms with Crippen LogP contribution in [0.3, 0.4) is 0 Å². The quantitative estimate of drug-likeness (QED) is 0.599. The van der Waals surface area contributed by atoms with Gasteiger partial charge in [0.05, 0.1) is 16.9 Å². The lowest BCUT2D eigenvalue weighted by molar-refractivity contribution is -0.274. The number of hydrogen-bond donors (Lipinski definition) is 2. The van der Waals surface area contributed by atoms with Crippen LogP contribution in [0.4, 0.5) is 18.9 Å². The van der Waals surface area contributed by atoms with Crippen molar-refractivity contribution in [1.29, 1.82) is 0 Å². The van der Waals surface area contributed by atoms with Gasteiger partial charge in [0.25, 0.3) is 11.8 Å². The molecule has 27 heavy (non-hydrogen) atoms. The highest BCUT2D eigenvalue weighted by Gasteiger charge is 2.31. The van der Waals surface area contributed by atoms with E-state index >= 15 is 0 Å². The number of anilines is 1. The average molecular weight is 396 g/mol. The average Bonchev–Trinajstić information content (AvgIpc) is 2.87. The van der Waals surface area contributed by atoms with Crippen molar-refractivity contribution in [3.8, 4) is 5.75 Å². The molecular weight excluding hydrogens is 385 g/mol. The van der Waals surface area contributed by atoms with E-state index in [4.69, 9.17) is 0 Å². The molecule has 1 aliphatic heterocycles. The highest BCUT2D eigenvalue weighted by atomic mass is 32.2. The van der Waals surface area contributed by atoms with E-state index in [0.717, 1.165) is 23.9 Å². The second-order valence-electron chi connectivity index (χ2n) is 5.40. The summed E-state index contributed by atoms with van der Waals surface area (Å²) in [4.78, 5) is 35.7. The molecule has 2 N–H and O–H groups in total. The summed E-state index contributed by atoms with van der Waals surface area (Å²) in [7, 11) is 0. The summed E-state index contributed by atoms with van der Waals surface area (Å²) in [6, 6.07) is 9.48. The molecule has 1 heterocycles. The van der Waals surface area contributed by atoms with E-state index in [0.29, 0.717) is 10.6 Å². The molecule has 0 aromatic heterocycles. The van der Waals surface area contributed by atoms with Crippen LogP contribution in [0.25, 0.3) is 0 Å². The van der Waals surface area contributed by atoms with Gasteiger partial charge in [0.1, 0.15) is 5.75 Å². The first-order chi connectivity index (χ1) is 12.7. The number of ether oxygens (including phenoxy) is 1. The Balaban J connectivity index is 1.55. The fourth-order valence-electron chi connectivity index (χ4n) is 2.33. The van der Waals surface area contributed by atoms with Crippen molar-refractivity contribution in [2.24, 2.45) is 0 Å². The zero-order valence-corrected chi connectivity index (χ0v) is 14.2. The van der Waals surface area contributed by atoms with Gasteiger partial charge in [0, 0.05) is 10.6 Å². The Kier molecular flexibility index (Phi) is 5.08. The Hall–Kier alpha value is -3.01. The van der Waals surface area contributed by atoms with E-state index in [1.807, 2.05) is 0 Å². The lowest BCUT2D eigenvalue weighted by atomic mass is 10.1. The molecule has 0 bridgehead atoms. The van der Waals surface area contributed by atoms with Crippen LogP contribution in [0.5, 0.6) is 5.75 Å². The van der Waals surface area contributed by atoms with Gasteiger partial charge in [-0.25, -0.2) is 0 Å². The highest BCUT2D eigenvalue weighted by Crippen LogP contribution is 2.26. The molecule has 1 aliphatic rings. The molecule has 0 saturated carbocycles. The van der Waals surface area contributed by atoms with Crippen LogP contribution in [-0.2, 0) is 4.79 Å². The fourth-order valence-corrected chi connectivity index (χ4v) is 3.03. The van der Waals surface area contributed by atoms with Gasteiger partial charge >= 0.3 is 6.36 Å². The van der Waals surface area contributed by atoms with Gasteiger partial charge in [-0.1, -0.05) is 0 Å². The number of thioether (sulfide) groups is 1. The van der Waals surface area contributed by atoms with E-state index in [2.05, 4.69) is 15.4 Å². The number of alkyl halides is 3. The van der Waals surface area contributed by atoms with E-state index in [1.54, 1.807) is 0 Å². The lowest BCUT2D eigenvalue weighted by Gasteiger charge is -2.09. The van der Waals surface area contributed by atoms with Crippen LogP contribution in [-0.4, -0.2) is 29.8 Å². The summed E-state index contributed by atoms with van der Waals surface area (Å²) in [5.41, 5.74) is 0.789. The summed E-state index contributed by atoms with van der Waals surface area (Å²) < 4.78 is 40.1. The molecule has 2 aromatic rings. The molecule has 0 aliphatic carbocycles. The number of carbonyl (C=O) groups is 3. The van der Waals surface area contributed by atoms with Gasteiger partial charge < -0.3 is 10.1 Å². The minimum absolute atomic E-state index is 0.00167. The molecule has 0 fully saturated rings. The summed E-state index contributed by atoms with van der Waals surface area (Å²) in [5.74, 6) is -1.73. The SMILES string of the molecule is O=C(CSc1ccc(OC(F)(F)F)cc1)Nc1ccc2c(c1)C(=O)NC2=O. The lowest BCUT2D eigenvalue weighted by Crippen LogP contribution is -2.19. The second-order valence-corrected chi connectivity index (χ2v) is 6.45. The number of halogens is 3. The van der Waals surface area contributed by atoms with E-state index in [1.165, 1.54) is 30.3 Å². The predicted molar refractivity (Wildman–Crippen MR) is 90.7 cm³/mol. The normalized spacial score (nSPS) is 13.1. The standard InChI is InChI=1S/C17H11F3N2O4S/c18-17(19,20)26-10-2-4-11(5-3-10)27-8-14(23)21-9-1-6-12-13(7-9)16(25)22-15(12)24/h1-7H,8H2,(H,21,23)(H,22,24,25). The number of fused-ring (bicyclic) bond motifs is 1. The van der Waals surface area contributed by atoms with Gasteiger partial charge in [0.15, 0.2) is 0 Å². The topological polar surface area (TPSA) is 84.5 Å². The van der Waals surface area contributed by atoms with Crippen LogP contribution in [0, 0.1) is 0 Å². The third-order valence-corrected chi connectivity index (χ3v) is 4.46. The molecule has 0 unspecified atom stereocenters. The highest BCUT2D eigenvalue weighted by molar-refractivity contribution is 8.00. The van der Waals surface area contributed by atoms with Crippen molar-refractivity contribution < 1.29 is 32.3 Å². The van der Waals surface area contributed by atoms with E-state index < -0.39 is 18.2 Å². The van der Waals surface area contributed by atoms with Crippen LogP contribution in [0.15, 0.2) is 47.4 Å². The number of hydrogen-bond acceptors (Lipinski definition) is 5. The van der Waals surface area contributed by atoms with Crippen LogP contribution < -0.4 is 15.4 Å². The largest absolute Gasteiger partial charge is 0.573 e. The maximum Gasteiger partial charge on any atom is 0.573 e. The summed E-state index contributed by atoms with van der Waals surface area (Å²) in [6.07, 6.45) is -4.76. The number of imide groups is 1. The molecule has 3 amide bonds. The van der Waals surface area contributed by atoms with Crippen molar-refractivity contribution >= 4 is 35.2 Å². The Morgan fingerprint density at radius 3 is 2.37 bits per heavy atom. The van der Waals surface area contributed by atoms with Gasteiger partial charge in [-0.05, 0) is 42.5 Å². The maximum atomic E-state index is 12.1. The molecule has 140 valence electrons. The predicted octanol–water partition coefficient (Wildman–Crippen LogP) is 3.20. The molecular formula is C17H11F3N2O4S. The minimum atomic E-state index is -4.76. The fraction of sp³-hybridized carbons (Fsp3) is 0.118. The Labute approximate surface area is 155 Å². The first-order valence-electron chi connectivity index (χ1n) is 7.49. The number of benzene rings is 2. The molecule has 0 saturated heterocycles. The van der Waals surface area contributed by atoms with Gasteiger partial charge in [0.2, 0.25) is 5.91 Å². The van der Waals surface area contributed by atoms with Gasteiger partial charge in [-0.15, -0.1) is 24.9 Å². The molecule has 0 atom stereocenters. The van der Waals surface area contributed by atoms with Crippen LogP contribution in [0.1, 0.15) is 20.7 Å². The van der Waals surface area contributed by atoms with Crippen LogP contribution in [0.2, 0.25) is 0 Å². The van der Waals surface area contributed by atoms with Gasteiger partial charge in [-0.2, -0.15) is 0 Å². The maximum absolute atomic E-state index is 12.1. The first kappa shape index (κ1) is 18.8. The molecule has 6 nitrogen and oxygen atoms in total. The Bertz CT molecular complexity index is 913. The Morgan fingerprint density at radius 2 is 1.70 bits per heavy atom. The minimum Gasteiger partial charge on any atom is -0.406 e. The molecule has 0 spiro atoms. The molecule has 3 rings (SSSR count). The van der Waals surface area contributed by atoms with Crippen molar-refractivity contribution in [1.82, 2.24) is 5.32 Å². The van der Waals surface area contributed by atoms with Crippen molar-refractivity contribution in [2.75, 3.05) is 11.1 Å². The van der Waals surface area contributed by atoms with Crippen LogP contribution >= 0.6 is 11.8 Å². The summed E-state index contributed by atoms with van der Waals surface area (Å²) in [5, 5.41) is 4.75. The van der Waals surface area contributed by atoms with Gasteiger partial charge in [-0.3, -0.25) is 19.7 Å². The molecule has 10 heteroatoms. The van der Waals surface area contributed by atoms with Crippen molar-refractivity contribution in [3.05, 3.63) is 53.6 Å². The third kappa shape index (κ3) is 4.79. The number of nitrogens with one attached hydrogen (secondary N) is 2. The zero-order valence-electron chi connectivity index (χ0n) is 13.4. The van der Waals surface area contributed by atoms with Crippen molar-refractivity contribution in [2.45, 2.75) is 11.3 Å². The first-order valence-corrected chi connectivity index (χ1v) is 8.48.